The van der Waals surface area contributed by atoms with Crippen molar-refractivity contribution in [3.8, 4) is 0 Å². The number of hydrogen-bond acceptors (Lipinski definition) is 5. The number of sulfone groups is 1. The van der Waals surface area contributed by atoms with E-state index in [-0.39, 0.29) is 23.5 Å². The number of amides is 1. The molecule has 0 unspecified atom stereocenters. The molecule has 1 atom stereocenters. The Labute approximate surface area is 181 Å². The van der Waals surface area contributed by atoms with Gasteiger partial charge in [-0.1, -0.05) is 12.1 Å². The molecule has 0 bridgehead atoms. The summed E-state index contributed by atoms with van der Waals surface area (Å²) in [5.74, 6) is 0.403. The Kier molecular flexibility index (Phi) is 4.66. The first-order valence-electron chi connectivity index (χ1n) is 10.7. The molecular weight excluding hydrogens is 412 g/mol. The number of anilines is 1. The zero-order chi connectivity index (χ0) is 21.9. The summed E-state index contributed by atoms with van der Waals surface area (Å²) in [5, 5.41) is 8.42. The molecule has 2 fully saturated rings. The molecule has 2 aliphatic rings. The molecule has 1 amide bonds. The molecular formula is C23H26N4O3S. The van der Waals surface area contributed by atoms with E-state index >= 15 is 0 Å². The smallest absolute Gasteiger partial charge is 0.256 e. The van der Waals surface area contributed by atoms with Gasteiger partial charge < -0.3 is 5.32 Å². The van der Waals surface area contributed by atoms with E-state index in [1.165, 1.54) is 0 Å². The van der Waals surface area contributed by atoms with Crippen LogP contribution in [-0.4, -0.2) is 40.6 Å². The fourth-order valence-corrected chi connectivity index (χ4v) is 6.07. The van der Waals surface area contributed by atoms with Gasteiger partial charge in [-0.05, 0) is 63.3 Å². The number of fused-ring (bicyclic) bond motifs is 1. The van der Waals surface area contributed by atoms with E-state index in [0.717, 1.165) is 35.3 Å². The highest BCUT2D eigenvalue weighted by molar-refractivity contribution is 7.91. The number of carbonyl (C=O) groups is 1. The maximum Gasteiger partial charge on any atom is 0.256 e. The van der Waals surface area contributed by atoms with Gasteiger partial charge in [0, 0.05) is 17.3 Å². The zero-order valence-corrected chi connectivity index (χ0v) is 18.8. The van der Waals surface area contributed by atoms with Crippen LogP contribution in [0.2, 0.25) is 0 Å². The molecule has 1 aromatic carbocycles. The summed E-state index contributed by atoms with van der Waals surface area (Å²) in [7, 11) is -3.06. The minimum atomic E-state index is -3.06. The third kappa shape index (κ3) is 3.73. The fourth-order valence-electron chi connectivity index (χ4n) is 4.38. The van der Waals surface area contributed by atoms with Gasteiger partial charge in [-0.2, -0.15) is 5.10 Å². The van der Waals surface area contributed by atoms with Gasteiger partial charge in [0.15, 0.2) is 15.5 Å². The van der Waals surface area contributed by atoms with Crippen LogP contribution in [-0.2, 0) is 9.84 Å². The number of rotatable bonds is 4. The second-order valence-corrected chi connectivity index (χ2v) is 11.2. The minimum Gasteiger partial charge on any atom is -0.322 e. The van der Waals surface area contributed by atoms with E-state index in [2.05, 4.69) is 10.4 Å². The van der Waals surface area contributed by atoms with Crippen LogP contribution in [0.5, 0.6) is 0 Å². The maximum absolute atomic E-state index is 13.4. The van der Waals surface area contributed by atoms with E-state index in [1.54, 1.807) is 4.68 Å². The highest BCUT2D eigenvalue weighted by Gasteiger charge is 2.34. The number of carbonyl (C=O) groups excluding carboxylic acids is 1. The lowest BCUT2D eigenvalue weighted by molar-refractivity contribution is 0.102. The first-order chi connectivity index (χ1) is 14.7. The summed E-state index contributed by atoms with van der Waals surface area (Å²) in [6.45, 7) is 5.82. The number of aryl methyl sites for hydroxylation is 3. The standard InChI is InChI=1S/C23H26N4O3S/c1-13-4-5-14(2)19(10-13)25-23(28)18-11-20(16-6-7-16)24-22-21(18)15(3)26-27(22)17-8-9-31(29,30)12-17/h4-5,10-11,16-17H,6-9,12H2,1-3H3,(H,25,28)/t17-/m0/s1. The number of pyridine rings is 1. The molecule has 31 heavy (non-hydrogen) atoms. The summed E-state index contributed by atoms with van der Waals surface area (Å²) < 4.78 is 25.9. The van der Waals surface area contributed by atoms with Gasteiger partial charge in [-0.3, -0.25) is 4.79 Å². The summed E-state index contributed by atoms with van der Waals surface area (Å²) in [6, 6.07) is 7.63. The van der Waals surface area contributed by atoms with Crippen LogP contribution in [0.15, 0.2) is 24.3 Å². The molecule has 1 saturated heterocycles. The van der Waals surface area contributed by atoms with Crippen LogP contribution < -0.4 is 5.32 Å². The molecule has 8 heteroatoms. The van der Waals surface area contributed by atoms with Gasteiger partial charge in [-0.15, -0.1) is 0 Å². The number of hydrogen-bond donors (Lipinski definition) is 1. The average molecular weight is 439 g/mol. The lowest BCUT2D eigenvalue weighted by Crippen LogP contribution is -2.16. The van der Waals surface area contributed by atoms with Crippen molar-refractivity contribution in [2.45, 2.75) is 52.0 Å². The van der Waals surface area contributed by atoms with Crippen molar-refractivity contribution < 1.29 is 13.2 Å². The largest absolute Gasteiger partial charge is 0.322 e. The van der Waals surface area contributed by atoms with E-state index in [0.29, 0.717) is 34.6 Å². The molecule has 3 heterocycles. The Morgan fingerprint density at radius 2 is 1.90 bits per heavy atom. The quantitative estimate of drug-likeness (QED) is 0.668. The first kappa shape index (κ1) is 20.2. The molecule has 1 aliphatic carbocycles. The molecule has 1 N–H and O–H groups in total. The van der Waals surface area contributed by atoms with E-state index in [4.69, 9.17) is 4.98 Å². The molecule has 162 valence electrons. The Hall–Kier alpha value is -2.74. The highest BCUT2D eigenvalue weighted by Crippen LogP contribution is 2.41. The van der Waals surface area contributed by atoms with Crippen LogP contribution in [0.3, 0.4) is 0 Å². The third-order valence-corrected chi connectivity index (χ3v) is 8.04. The molecule has 1 saturated carbocycles. The van der Waals surface area contributed by atoms with Crippen molar-refractivity contribution in [1.82, 2.24) is 14.8 Å². The summed E-state index contributed by atoms with van der Waals surface area (Å²) in [4.78, 5) is 18.3. The number of aromatic nitrogens is 3. The second kappa shape index (κ2) is 7.15. The van der Waals surface area contributed by atoms with E-state index in [1.807, 2.05) is 45.0 Å². The van der Waals surface area contributed by atoms with Gasteiger partial charge in [-0.25, -0.2) is 18.1 Å². The Bertz CT molecular complexity index is 1320. The van der Waals surface area contributed by atoms with Gasteiger partial charge >= 0.3 is 0 Å². The number of nitrogens with one attached hydrogen (secondary N) is 1. The molecule has 0 radical (unpaired) electrons. The molecule has 5 rings (SSSR count). The third-order valence-electron chi connectivity index (χ3n) is 6.29. The summed E-state index contributed by atoms with van der Waals surface area (Å²) >= 11 is 0. The summed E-state index contributed by atoms with van der Waals surface area (Å²) in [6.07, 6.45) is 2.64. The lowest BCUT2D eigenvalue weighted by Gasteiger charge is -2.13. The van der Waals surface area contributed by atoms with Crippen LogP contribution in [0.4, 0.5) is 5.69 Å². The van der Waals surface area contributed by atoms with Crippen molar-refractivity contribution in [3.63, 3.8) is 0 Å². The predicted octanol–water partition coefficient (Wildman–Crippen LogP) is 3.85. The SMILES string of the molecule is Cc1ccc(C)c(NC(=O)c2cc(C3CC3)nc3c2c(C)nn3[C@H]2CCS(=O)(=O)C2)c1. The van der Waals surface area contributed by atoms with Crippen LogP contribution in [0, 0.1) is 20.8 Å². The van der Waals surface area contributed by atoms with Crippen molar-refractivity contribution in [2.24, 2.45) is 0 Å². The molecule has 0 spiro atoms. The second-order valence-electron chi connectivity index (χ2n) is 8.93. The van der Waals surface area contributed by atoms with Gasteiger partial charge in [0.05, 0.1) is 34.2 Å². The normalized spacial score (nSPS) is 20.3. The molecule has 2 aromatic heterocycles. The van der Waals surface area contributed by atoms with Crippen LogP contribution in [0.25, 0.3) is 11.0 Å². The molecule has 3 aromatic rings. The zero-order valence-electron chi connectivity index (χ0n) is 18.0. The fraction of sp³-hybridized carbons (Fsp3) is 0.435. The topological polar surface area (TPSA) is 93.9 Å². The average Bonchev–Trinajstić information content (AvgIpc) is 3.43. The van der Waals surface area contributed by atoms with Crippen molar-refractivity contribution in [1.29, 1.82) is 0 Å². The van der Waals surface area contributed by atoms with Gasteiger partial charge in [0.2, 0.25) is 0 Å². The van der Waals surface area contributed by atoms with Crippen molar-refractivity contribution in [2.75, 3.05) is 16.8 Å². The molecule has 7 nitrogen and oxygen atoms in total. The van der Waals surface area contributed by atoms with Crippen molar-refractivity contribution in [3.05, 3.63) is 52.3 Å². The maximum atomic E-state index is 13.4. The van der Waals surface area contributed by atoms with Crippen LogP contribution >= 0.6 is 0 Å². The number of nitrogens with zero attached hydrogens (tertiary/aromatic N) is 3. The van der Waals surface area contributed by atoms with Crippen LogP contribution in [0.1, 0.15) is 64.1 Å². The minimum absolute atomic E-state index is 0.0720. The summed E-state index contributed by atoms with van der Waals surface area (Å²) in [5.41, 5.74) is 5.62. The Morgan fingerprint density at radius 3 is 2.58 bits per heavy atom. The van der Waals surface area contributed by atoms with Gasteiger partial charge in [0.1, 0.15) is 0 Å². The van der Waals surface area contributed by atoms with E-state index in [9.17, 15) is 13.2 Å². The monoisotopic (exact) mass is 438 g/mol. The Morgan fingerprint density at radius 1 is 1.13 bits per heavy atom. The van der Waals surface area contributed by atoms with Gasteiger partial charge in [0.25, 0.3) is 5.91 Å². The highest BCUT2D eigenvalue weighted by atomic mass is 32.2. The molecule has 1 aliphatic heterocycles. The first-order valence-corrected chi connectivity index (χ1v) is 12.5. The predicted molar refractivity (Wildman–Crippen MR) is 120 cm³/mol. The Balaban J connectivity index is 1.62. The van der Waals surface area contributed by atoms with E-state index < -0.39 is 9.84 Å². The number of benzene rings is 1. The lowest BCUT2D eigenvalue weighted by atomic mass is 10.1. The van der Waals surface area contributed by atoms with Crippen molar-refractivity contribution >= 4 is 32.5 Å².